The third-order valence-electron chi connectivity index (χ3n) is 3.94. The highest BCUT2D eigenvalue weighted by Crippen LogP contribution is 2.30. The maximum absolute atomic E-state index is 13.5. The second-order valence-corrected chi connectivity index (χ2v) is 5.22. The molecule has 0 heterocycles. The van der Waals surface area contributed by atoms with Crippen molar-refractivity contribution in [3.63, 3.8) is 0 Å². The number of hydrogen-bond acceptors (Lipinski definition) is 2. The van der Waals surface area contributed by atoms with E-state index < -0.39 is 0 Å². The molecule has 18 heavy (non-hydrogen) atoms. The summed E-state index contributed by atoms with van der Waals surface area (Å²) in [5.74, 6) is 1.25. The maximum Gasteiger partial charge on any atom is 0.127 e. The molecule has 2 rings (SSSR count). The molecule has 1 N–H and O–H groups in total. The van der Waals surface area contributed by atoms with Crippen molar-refractivity contribution in [2.45, 2.75) is 32.7 Å². The van der Waals surface area contributed by atoms with Crippen LogP contribution >= 0.6 is 0 Å². The van der Waals surface area contributed by atoms with Gasteiger partial charge in [-0.2, -0.15) is 5.26 Å². The standard InChI is InChI=1S/C15H19FN2/c1-11-3-2-4-13(11)9-18-10-14-7-12(8-17)5-6-15(14)16/h5-7,11,13,18H,2-4,9-10H2,1H3. The predicted octanol–water partition coefficient (Wildman–Crippen LogP) is 3.22. The van der Waals surface area contributed by atoms with Gasteiger partial charge < -0.3 is 5.32 Å². The second-order valence-electron chi connectivity index (χ2n) is 5.22. The first-order chi connectivity index (χ1) is 8.70. The van der Waals surface area contributed by atoms with Crippen LogP contribution < -0.4 is 5.32 Å². The van der Waals surface area contributed by atoms with E-state index in [0.717, 1.165) is 12.5 Å². The lowest BCUT2D eigenvalue weighted by atomic mass is 9.98. The van der Waals surface area contributed by atoms with Gasteiger partial charge >= 0.3 is 0 Å². The summed E-state index contributed by atoms with van der Waals surface area (Å²) in [7, 11) is 0. The first kappa shape index (κ1) is 13.0. The first-order valence-electron chi connectivity index (χ1n) is 6.60. The summed E-state index contributed by atoms with van der Waals surface area (Å²) < 4.78 is 13.5. The van der Waals surface area contributed by atoms with Gasteiger partial charge in [0, 0.05) is 12.1 Å². The first-order valence-corrected chi connectivity index (χ1v) is 6.60. The van der Waals surface area contributed by atoms with Crippen molar-refractivity contribution >= 4 is 0 Å². The molecule has 1 saturated carbocycles. The van der Waals surface area contributed by atoms with Crippen LogP contribution in [0.25, 0.3) is 0 Å². The van der Waals surface area contributed by atoms with E-state index >= 15 is 0 Å². The fourth-order valence-corrected chi connectivity index (χ4v) is 2.70. The molecule has 96 valence electrons. The normalized spacial score (nSPS) is 22.9. The Morgan fingerprint density at radius 3 is 2.94 bits per heavy atom. The zero-order valence-corrected chi connectivity index (χ0v) is 10.7. The highest BCUT2D eigenvalue weighted by molar-refractivity contribution is 5.33. The molecule has 0 radical (unpaired) electrons. The Hall–Kier alpha value is -1.40. The molecular weight excluding hydrogens is 227 g/mol. The molecule has 0 saturated heterocycles. The largest absolute Gasteiger partial charge is 0.312 e. The lowest BCUT2D eigenvalue weighted by Crippen LogP contribution is -2.24. The van der Waals surface area contributed by atoms with E-state index in [1.165, 1.54) is 31.4 Å². The Labute approximate surface area is 108 Å². The van der Waals surface area contributed by atoms with Gasteiger partial charge in [0.2, 0.25) is 0 Å². The fourth-order valence-electron chi connectivity index (χ4n) is 2.70. The highest BCUT2D eigenvalue weighted by atomic mass is 19.1. The number of nitrogens with zero attached hydrogens (tertiary/aromatic N) is 1. The van der Waals surface area contributed by atoms with Crippen LogP contribution in [0.5, 0.6) is 0 Å². The molecular formula is C15H19FN2. The second kappa shape index (κ2) is 5.97. The van der Waals surface area contributed by atoms with E-state index in [-0.39, 0.29) is 5.82 Å². The van der Waals surface area contributed by atoms with Gasteiger partial charge in [-0.05, 0) is 43.0 Å². The lowest BCUT2D eigenvalue weighted by Gasteiger charge is -2.16. The van der Waals surface area contributed by atoms with Crippen LogP contribution in [0, 0.1) is 29.0 Å². The molecule has 0 spiro atoms. The van der Waals surface area contributed by atoms with Gasteiger partial charge in [0.05, 0.1) is 11.6 Å². The van der Waals surface area contributed by atoms with E-state index in [4.69, 9.17) is 5.26 Å². The number of benzene rings is 1. The summed E-state index contributed by atoms with van der Waals surface area (Å²) in [6, 6.07) is 6.54. The minimum absolute atomic E-state index is 0.235. The summed E-state index contributed by atoms with van der Waals surface area (Å²) in [6.07, 6.45) is 3.89. The predicted molar refractivity (Wildman–Crippen MR) is 69.3 cm³/mol. The van der Waals surface area contributed by atoms with Gasteiger partial charge in [-0.25, -0.2) is 4.39 Å². The van der Waals surface area contributed by atoms with Crippen molar-refractivity contribution in [2.75, 3.05) is 6.54 Å². The quantitative estimate of drug-likeness (QED) is 0.885. The maximum atomic E-state index is 13.5. The van der Waals surface area contributed by atoms with Crippen molar-refractivity contribution in [3.8, 4) is 6.07 Å². The smallest absolute Gasteiger partial charge is 0.127 e. The number of halogens is 1. The zero-order chi connectivity index (χ0) is 13.0. The Morgan fingerprint density at radius 2 is 2.28 bits per heavy atom. The van der Waals surface area contributed by atoms with Gasteiger partial charge in [0.25, 0.3) is 0 Å². The molecule has 2 atom stereocenters. The average molecular weight is 246 g/mol. The van der Waals surface area contributed by atoms with E-state index in [1.807, 2.05) is 6.07 Å². The van der Waals surface area contributed by atoms with Gasteiger partial charge in [-0.1, -0.05) is 19.8 Å². The van der Waals surface area contributed by atoms with E-state index in [2.05, 4.69) is 12.2 Å². The van der Waals surface area contributed by atoms with Crippen molar-refractivity contribution in [3.05, 3.63) is 35.1 Å². The van der Waals surface area contributed by atoms with Crippen LogP contribution in [-0.4, -0.2) is 6.54 Å². The molecule has 2 unspecified atom stereocenters. The Bertz CT molecular complexity index is 450. The van der Waals surface area contributed by atoms with Crippen LogP contribution in [0.3, 0.4) is 0 Å². The van der Waals surface area contributed by atoms with E-state index in [0.29, 0.717) is 23.6 Å². The minimum Gasteiger partial charge on any atom is -0.312 e. The van der Waals surface area contributed by atoms with Crippen molar-refractivity contribution in [1.29, 1.82) is 5.26 Å². The van der Waals surface area contributed by atoms with Crippen molar-refractivity contribution < 1.29 is 4.39 Å². The van der Waals surface area contributed by atoms with Crippen LogP contribution in [0.2, 0.25) is 0 Å². The molecule has 0 aromatic heterocycles. The lowest BCUT2D eigenvalue weighted by molar-refractivity contribution is 0.390. The Morgan fingerprint density at radius 1 is 1.44 bits per heavy atom. The minimum atomic E-state index is -0.235. The van der Waals surface area contributed by atoms with Gasteiger partial charge in [-0.15, -0.1) is 0 Å². The number of nitrogens with one attached hydrogen (secondary N) is 1. The van der Waals surface area contributed by atoms with E-state index in [1.54, 1.807) is 6.07 Å². The van der Waals surface area contributed by atoms with Crippen molar-refractivity contribution in [2.24, 2.45) is 11.8 Å². The highest BCUT2D eigenvalue weighted by Gasteiger charge is 2.22. The molecule has 1 aliphatic rings. The third-order valence-corrected chi connectivity index (χ3v) is 3.94. The SMILES string of the molecule is CC1CCCC1CNCc1cc(C#N)ccc1F. The fraction of sp³-hybridized carbons (Fsp3) is 0.533. The summed E-state index contributed by atoms with van der Waals surface area (Å²) in [4.78, 5) is 0. The average Bonchev–Trinajstić information content (AvgIpc) is 2.77. The molecule has 3 heteroatoms. The Balaban J connectivity index is 1.88. The summed E-state index contributed by atoms with van der Waals surface area (Å²) in [6.45, 7) is 3.73. The molecule has 0 amide bonds. The molecule has 1 fully saturated rings. The van der Waals surface area contributed by atoms with Gasteiger partial charge in [0.15, 0.2) is 0 Å². The van der Waals surface area contributed by atoms with Crippen molar-refractivity contribution in [1.82, 2.24) is 5.32 Å². The van der Waals surface area contributed by atoms with Crippen LogP contribution in [0.4, 0.5) is 4.39 Å². The van der Waals surface area contributed by atoms with Gasteiger partial charge in [-0.3, -0.25) is 0 Å². The monoisotopic (exact) mass is 246 g/mol. The number of rotatable bonds is 4. The molecule has 2 nitrogen and oxygen atoms in total. The molecule has 0 bridgehead atoms. The van der Waals surface area contributed by atoms with Crippen LogP contribution in [-0.2, 0) is 6.54 Å². The number of hydrogen-bond donors (Lipinski definition) is 1. The van der Waals surface area contributed by atoms with Crippen LogP contribution in [0.1, 0.15) is 37.3 Å². The zero-order valence-electron chi connectivity index (χ0n) is 10.7. The molecule has 1 aromatic carbocycles. The van der Waals surface area contributed by atoms with Crippen LogP contribution in [0.15, 0.2) is 18.2 Å². The molecule has 1 aliphatic carbocycles. The summed E-state index contributed by atoms with van der Waals surface area (Å²) >= 11 is 0. The Kier molecular flexibility index (Phi) is 4.33. The summed E-state index contributed by atoms with van der Waals surface area (Å²) in [5.41, 5.74) is 1.10. The number of nitriles is 1. The van der Waals surface area contributed by atoms with Gasteiger partial charge in [0.1, 0.15) is 5.82 Å². The topological polar surface area (TPSA) is 35.8 Å². The molecule has 0 aliphatic heterocycles. The van der Waals surface area contributed by atoms with E-state index in [9.17, 15) is 4.39 Å². The summed E-state index contributed by atoms with van der Waals surface area (Å²) in [5, 5.41) is 12.1. The third kappa shape index (κ3) is 3.08. The molecule has 1 aromatic rings.